The highest BCUT2D eigenvalue weighted by Gasteiger charge is 2.16. The lowest BCUT2D eigenvalue weighted by Crippen LogP contribution is -2.02. The lowest BCUT2D eigenvalue weighted by atomic mass is 10.2. The quantitative estimate of drug-likeness (QED) is 0.797. The monoisotopic (exact) mass is 295 g/mol. The van der Waals surface area contributed by atoms with Crippen molar-refractivity contribution in [1.82, 2.24) is 24.7 Å². The number of aryl methyl sites for hydroxylation is 2. The highest BCUT2D eigenvalue weighted by atomic mass is 35.5. The van der Waals surface area contributed by atoms with Crippen LogP contribution in [0.4, 0.5) is 0 Å². The van der Waals surface area contributed by atoms with Gasteiger partial charge in [0.1, 0.15) is 21.8 Å². The fourth-order valence-corrected chi connectivity index (χ4v) is 3.40. The van der Waals surface area contributed by atoms with Gasteiger partial charge in [0.25, 0.3) is 0 Å². The summed E-state index contributed by atoms with van der Waals surface area (Å²) in [5, 5.41) is 10.7. The molecule has 100 valence electrons. The third kappa shape index (κ3) is 2.90. The molecule has 5 nitrogen and oxygen atoms in total. The summed E-state index contributed by atoms with van der Waals surface area (Å²) in [6.07, 6.45) is 4.65. The molecule has 0 bridgehead atoms. The van der Waals surface area contributed by atoms with E-state index in [1.807, 2.05) is 6.92 Å². The van der Waals surface area contributed by atoms with E-state index in [0.29, 0.717) is 11.0 Å². The number of fused-ring (bicyclic) bond motifs is 1. The SMILES string of the molecule is Cc1nc(Cl)cc(Sc2nnc3n2CCCCC3)n1. The van der Waals surface area contributed by atoms with Gasteiger partial charge >= 0.3 is 0 Å². The summed E-state index contributed by atoms with van der Waals surface area (Å²) in [5.41, 5.74) is 0. The van der Waals surface area contributed by atoms with Crippen LogP contribution in [0.15, 0.2) is 16.2 Å². The van der Waals surface area contributed by atoms with Crippen LogP contribution in [0.5, 0.6) is 0 Å². The molecular formula is C12H14ClN5S. The molecule has 0 N–H and O–H groups in total. The fraction of sp³-hybridized carbons (Fsp3) is 0.500. The lowest BCUT2D eigenvalue weighted by molar-refractivity contribution is 0.590. The summed E-state index contributed by atoms with van der Waals surface area (Å²) >= 11 is 7.45. The molecule has 0 unspecified atom stereocenters. The van der Waals surface area contributed by atoms with Crippen LogP contribution in [-0.2, 0) is 13.0 Å². The number of hydrogen-bond donors (Lipinski definition) is 0. The van der Waals surface area contributed by atoms with Crippen LogP contribution in [0.25, 0.3) is 0 Å². The summed E-state index contributed by atoms with van der Waals surface area (Å²) < 4.78 is 2.20. The molecule has 0 fully saturated rings. The summed E-state index contributed by atoms with van der Waals surface area (Å²) in [5.74, 6) is 1.75. The standard InChI is InChI=1S/C12H14ClN5S/c1-8-14-9(13)7-11(15-8)19-12-17-16-10-5-3-2-4-6-18(10)12/h7H,2-6H2,1H3. The topological polar surface area (TPSA) is 56.5 Å². The van der Waals surface area contributed by atoms with Gasteiger partial charge in [-0.2, -0.15) is 0 Å². The molecule has 1 aliphatic rings. The normalized spacial score (nSPS) is 15.1. The smallest absolute Gasteiger partial charge is 0.197 e. The van der Waals surface area contributed by atoms with Gasteiger partial charge in [-0.15, -0.1) is 10.2 Å². The van der Waals surface area contributed by atoms with Crippen molar-refractivity contribution in [2.45, 2.75) is 49.3 Å². The molecule has 0 aliphatic carbocycles. The Bertz CT molecular complexity index is 578. The zero-order valence-electron chi connectivity index (χ0n) is 10.6. The predicted octanol–water partition coefficient (Wildman–Crippen LogP) is 2.91. The van der Waals surface area contributed by atoms with Crippen molar-refractivity contribution in [3.05, 3.63) is 22.9 Å². The minimum absolute atomic E-state index is 0.464. The maximum Gasteiger partial charge on any atom is 0.197 e. The van der Waals surface area contributed by atoms with Gasteiger partial charge in [-0.1, -0.05) is 18.0 Å². The van der Waals surface area contributed by atoms with E-state index in [2.05, 4.69) is 24.7 Å². The third-order valence-electron chi connectivity index (χ3n) is 3.05. The molecule has 2 aromatic rings. The minimum Gasteiger partial charge on any atom is -0.306 e. The Kier molecular flexibility index (Phi) is 3.70. The molecule has 0 spiro atoms. The molecule has 0 aromatic carbocycles. The molecule has 7 heteroatoms. The van der Waals surface area contributed by atoms with Crippen LogP contribution in [-0.4, -0.2) is 24.7 Å². The van der Waals surface area contributed by atoms with Crippen LogP contribution in [0.1, 0.15) is 30.9 Å². The van der Waals surface area contributed by atoms with E-state index in [1.54, 1.807) is 6.07 Å². The summed E-state index contributed by atoms with van der Waals surface area (Å²) in [6, 6.07) is 1.76. The first-order valence-electron chi connectivity index (χ1n) is 6.33. The van der Waals surface area contributed by atoms with Crippen molar-refractivity contribution in [2.75, 3.05) is 0 Å². The van der Waals surface area contributed by atoms with Crippen LogP contribution < -0.4 is 0 Å². The second-order valence-corrected chi connectivity index (χ2v) is 5.91. The van der Waals surface area contributed by atoms with Crippen LogP contribution in [0.2, 0.25) is 5.15 Å². The molecule has 19 heavy (non-hydrogen) atoms. The number of rotatable bonds is 2. The Morgan fingerprint density at radius 1 is 1.21 bits per heavy atom. The second kappa shape index (κ2) is 5.46. The van der Waals surface area contributed by atoms with E-state index in [4.69, 9.17) is 11.6 Å². The van der Waals surface area contributed by atoms with Gasteiger partial charge in [0.05, 0.1) is 0 Å². The molecule has 3 rings (SSSR count). The Morgan fingerprint density at radius 2 is 2.11 bits per heavy atom. The highest BCUT2D eigenvalue weighted by molar-refractivity contribution is 7.99. The van der Waals surface area contributed by atoms with Gasteiger partial charge in [-0.3, -0.25) is 0 Å². The van der Waals surface area contributed by atoms with E-state index < -0.39 is 0 Å². The Labute approximate surface area is 120 Å². The van der Waals surface area contributed by atoms with E-state index in [-0.39, 0.29) is 0 Å². The molecule has 0 atom stereocenters. The number of hydrogen-bond acceptors (Lipinski definition) is 5. The average Bonchev–Trinajstić information content (AvgIpc) is 2.59. The second-order valence-electron chi connectivity index (χ2n) is 4.54. The zero-order valence-corrected chi connectivity index (χ0v) is 12.2. The lowest BCUT2D eigenvalue weighted by Gasteiger charge is -2.06. The van der Waals surface area contributed by atoms with Crippen molar-refractivity contribution >= 4 is 23.4 Å². The number of nitrogens with zero attached hydrogens (tertiary/aromatic N) is 5. The summed E-state index contributed by atoms with van der Waals surface area (Å²) in [6.45, 7) is 2.82. The Balaban J connectivity index is 1.89. The summed E-state index contributed by atoms with van der Waals surface area (Å²) in [7, 11) is 0. The van der Waals surface area contributed by atoms with Crippen LogP contribution in [0.3, 0.4) is 0 Å². The highest BCUT2D eigenvalue weighted by Crippen LogP contribution is 2.28. The molecule has 0 saturated carbocycles. The maximum atomic E-state index is 5.95. The first kappa shape index (κ1) is 12.9. The first-order chi connectivity index (χ1) is 9.22. The van der Waals surface area contributed by atoms with Crippen LogP contribution in [0, 0.1) is 6.92 Å². The molecule has 0 amide bonds. The average molecular weight is 296 g/mol. The predicted molar refractivity (Wildman–Crippen MR) is 73.5 cm³/mol. The van der Waals surface area contributed by atoms with E-state index in [0.717, 1.165) is 29.0 Å². The summed E-state index contributed by atoms with van der Waals surface area (Å²) in [4.78, 5) is 8.43. The molecule has 3 heterocycles. The van der Waals surface area contributed by atoms with Crippen molar-refractivity contribution in [3.8, 4) is 0 Å². The van der Waals surface area contributed by atoms with Crippen molar-refractivity contribution in [3.63, 3.8) is 0 Å². The number of halogens is 1. The third-order valence-corrected chi connectivity index (χ3v) is 4.15. The van der Waals surface area contributed by atoms with Gasteiger partial charge in [-0.05, 0) is 31.5 Å². The molecule has 0 radical (unpaired) electrons. The molecule has 0 saturated heterocycles. The van der Waals surface area contributed by atoms with Gasteiger partial charge in [0.2, 0.25) is 0 Å². The fourth-order valence-electron chi connectivity index (χ4n) is 2.19. The van der Waals surface area contributed by atoms with Gasteiger partial charge in [-0.25, -0.2) is 9.97 Å². The number of aromatic nitrogens is 5. The van der Waals surface area contributed by atoms with Gasteiger partial charge < -0.3 is 4.57 Å². The largest absolute Gasteiger partial charge is 0.306 e. The van der Waals surface area contributed by atoms with Crippen molar-refractivity contribution < 1.29 is 0 Å². The molecular weight excluding hydrogens is 282 g/mol. The Hall–Kier alpha value is -1.14. The molecule has 1 aliphatic heterocycles. The van der Waals surface area contributed by atoms with E-state index in [9.17, 15) is 0 Å². The minimum atomic E-state index is 0.464. The first-order valence-corrected chi connectivity index (χ1v) is 7.53. The zero-order chi connectivity index (χ0) is 13.2. The van der Waals surface area contributed by atoms with Gasteiger partial charge in [0, 0.05) is 19.0 Å². The molecule has 2 aromatic heterocycles. The van der Waals surface area contributed by atoms with E-state index >= 15 is 0 Å². The van der Waals surface area contributed by atoms with Crippen molar-refractivity contribution in [2.24, 2.45) is 0 Å². The Morgan fingerprint density at radius 3 is 2.95 bits per heavy atom. The van der Waals surface area contributed by atoms with E-state index in [1.165, 1.54) is 31.0 Å². The van der Waals surface area contributed by atoms with Crippen LogP contribution >= 0.6 is 23.4 Å². The van der Waals surface area contributed by atoms with Crippen molar-refractivity contribution in [1.29, 1.82) is 0 Å². The van der Waals surface area contributed by atoms with Gasteiger partial charge in [0.15, 0.2) is 5.16 Å². The maximum absolute atomic E-state index is 5.95.